The highest BCUT2D eigenvalue weighted by molar-refractivity contribution is 8.79. The molecule has 2 rings (SSSR count). The minimum absolute atomic E-state index is 0.0904. The summed E-state index contributed by atoms with van der Waals surface area (Å²) < 4.78 is 28.1. The first-order valence-corrected chi connectivity index (χ1v) is 8.72. The summed E-state index contributed by atoms with van der Waals surface area (Å²) in [7, 11) is 1.81. The second-order valence-electron chi connectivity index (χ2n) is 3.95. The van der Waals surface area contributed by atoms with Crippen molar-refractivity contribution in [3.8, 4) is 0 Å². The third-order valence-electron chi connectivity index (χ3n) is 2.95. The fourth-order valence-corrected chi connectivity index (χ4v) is 8.69. The summed E-state index contributed by atoms with van der Waals surface area (Å²) in [6, 6.07) is 0. The summed E-state index contributed by atoms with van der Waals surface area (Å²) in [5, 5.41) is 0. The van der Waals surface area contributed by atoms with E-state index in [2.05, 4.69) is 0 Å². The summed E-state index contributed by atoms with van der Waals surface area (Å²) in [5.74, 6) is 0. The van der Waals surface area contributed by atoms with Crippen LogP contribution >= 0.6 is 21.6 Å². The number of sulfone groups is 1. The van der Waals surface area contributed by atoms with E-state index in [-0.39, 0.29) is 15.4 Å². The van der Waals surface area contributed by atoms with Crippen LogP contribution in [0.3, 0.4) is 0 Å². The van der Waals surface area contributed by atoms with Crippen molar-refractivity contribution in [3.05, 3.63) is 0 Å². The maximum atomic E-state index is 11.5. The highest BCUT2D eigenvalue weighted by atomic mass is 33.1. The van der Waals surface area contributed by atoms with E-state index in [0.717, 1.165) is 12.8 Å². The fraction of sp³-hybridized carbons (Fsp3) is 1.00. The number of methoxy groups -OCH3 is 1. The topological polar surface area (TPSA) is 43.4 Å². The Morgan fingerprint density at radius 1 is 1.43 bits per heavy atom. The van der Waals surface area contributed by atoms with Gasteiger partial charge in [0.05, 0.1) is 10.9 Å². The van der Waals surface area contributed by atoms with Gasteiger partial charge in [0.25, 0.3) is 0 Å². The molecule has 0 aromatic heterocycles. The Morgan fingerprint density at radius 3 is 2.43 bits per heavy atom. The Hall–Kier alpha value is 0.610. The summed E-state index contributed by atoms with van der Waals surface area (Å²) in [6.07, 6.45) is 4.56. The zero-order chi connectivity index (χ0) is 10.4. The van der Waals surface area contributed by atoms with Gasteiger partial charge in [0.15, 0.2) is 9.84 Å². The molecule has 1 aliphatic carbocycles. The lowest BCUT2D eigenvalue weighted by Gasteiger charge is -2.41. The van der Waals surface area contributed by atoms with Crippen LogP contribution in [0.15, 0.2) is 0 Å². The van der Waals surface area contributed by atoms with E-state index in [1.807, 2.05) is 0 Å². The molecule has 0 radical (unpaired) electrons. The maximum Gasteiger partial charge on any atom is 0.163 e. The van der Waals surface area contributed by atoms with Crippen molar-refractivity contribution in [1.29, 1.82) is 0 Å². The third-order valence-corrected chi connectivity index (χ3v) is 9.16. The largest absolute Gasteiger partial charge is 0.378 e. The maximum absolute atomic E-state index is 11.5. The molecule has 1 spiro atoms. The molecule has 2 aliphatic rings. The van der Waals surface area contributed by atoms with Crippen LogP contribution in [0.4, 0.5) is 0 Å². The molecule has 1 saturated carbocycles. The molecule has 1 saturated heterocycles. The van der Waals surface area contributed by atoms with Crippen LogP contribution < -0.4 is 0 Å². The SMILES string of the molecule is COC1C(S(C)(=O)=O)SSC12CCC2. The average molecular weight is 254 g/mol. The van der Waals surface area contributed by atoms with Crippen molar-refractivity contribution >= 4 is 31.4 Å². The Morgan fingerprint density at radius 2 is 2.07 bits per heavy atom. The number of ether oxygens (including phenoxy) is 1. The molecule has 0 aromatic carbocycles. The Labute approximate surface area is 92.7 Å². The highest BCUT2D eigenvalue weighted by Crippen LogP contribution is 2.62. The van der Waals surface area contributed by atoms with Gasteiger partial charge in [-0.15, -0.1) is 0 Å². The van der Waals surface area contributed by atoms with Crippen LogP contribution in [-0.2, 0) is 14.6 Å². The van der Waals surface area contributed by atoms with Crippen molar-refractivity contribution < 1.29 is 13.2 Å². The number of hydrogen-bond donors (Lipinski definition) is 0. The highest BCUT2D eigenvalue weighted by Gasteiger charge is 2.57. The molecule has 6 heteroatoms. The molecule has 1 heterocycles. The quantitative estimate of drug-likeness (QED) is 0.702. The van der Waals surface area contributed by atoms with Crippen LogP contribution in [0, 0.1) is 0 Å². The van der Waals surface area contributed by atoms with Crippen molar-refractivity contribution in [2.45, 2.75) is 34.7 Å². The monoisotopic (exact) mass is 254 g/mol. The van der Waals surface area contributed by atoms with Crippen molar-refractivity contribution in [2.24, 2.45) is 0 Å². The van der Waals surface area contributed by atoms with Crippen molar-refractivity contribution in [1.82, 2.24) is 0 Å². The van der Waals surface area contributed by atoms with Gasteiger partial charge >= 0.3 is 0 Å². The van der Waals surface area contributed by atoms with Crippen LogP contribution in [0.1, 0.15) is 19.3 Å². The molecule has 0 aromatic rings. The molecule has 1 aliphatic heterocycles. The predicted octanol–water partition coefficient (Wildman–Crippen LogP) is 1.69. The van der Waals surface area contributed by atoms with E-state index >= 15 is 0 Å². The third kappa shape index (κ3) is 1.60. The lowest BCUT2D eigenvalue weighted by atomic mass is 9.80. The second kappa shape index (κ2) is 3.57. The van der Waals surface area contributed by atoms with Gasteiger partial charge in [0.1, 0.15) is 4.58 Å². The molecule has 3 nitrogen and oxygen atoms in total. The first-order chi connectivity index (χ1) is 6.49. The standard InChI is InChI=1S/C8H14O3S3/c1-11-6-7(14(2,9)10)12-13-8(6)4-3-5-8/h6-7H,3-5H2,1-2H3. The van der Waals surface area contributed by atoms with Crippen LogP contribution in [-0.4, -0.2) is 37.2 Å². The second-order valence-corrected chi connectivity index (χ2v) is 9.17. The molecule has 2 fully saturated rings. The normalized spacial score (nSPS) is 35.9. The fourth-order valence-electron chi connectivity index (χ4n) is 2.00. The van der Waals surface area contributed by atoms with Crippen LogP contribution in [0.25, 0.3) is 0 Å². The van der Waals surface area contributed by atoms with E-state index in [9.17, 15) is 8.42 Å². The van der Waals surface area contributed by atoms with E-state index in [1.54, 1.807) is 17.9 Å². The van der Waals surface area contributed by atoms with Crippen LogP contribution in [0.2, 0.25) is 0 Å². The Kier molecular flexibility index (Phi) is 2.83. The molecule has 0 bridgehead atoms. The Bertz CT molecular complexity index is 321. The molecule has 14 heavy (non-hydrogen) atoms. The molecule has 0 amide bonds. The van der Waals surface area contributed by atoms with Gasteiger partial charge in [-0.1, -0.05) is 28.0 Å². The van der Waals surface area contributed by atoms with Gasteiger partial charge in [-0.3, -0.25) is 0 Å². The lowest BCUT2D eigenvalue weighted by molar-refractivity contribution is 0.0532. The zero-order valence-corrected chi connectivity index (χ0v) is 10.7. The number of rotatable bonds is 2. The molecular weight excluding hydrogens is 240 g/mol. The average Bonchev–Trinajstić information content (AvgIpc) is 2.40. The summed E-state index contributed by atoms with van der Waals surface area (Å²) in [6.45, 7) is 0. The first kappa shape index (κ1) is 11.1. The molecule has 82 valence electrons. The minimum Gasteiger partial charge on any atom is -0.378 e. The van der Waals surface area contributed by atoms with Gasteiger partial charge in [-0.2, -0.15) is 0 Å². The minimum atomic E-state index is -2.99. The van der Waals surface area contributed by atoms with E-state index in [0.29, 0.717) is 0 Å². The Balaban J connectivity index is 2.23. The summed E-state index contributed by atoms with van der Waals surface area (Å²) in [4.78, 5) is 0. The van der Waals surface area contributed by atoms with E-state index in [4.69, 9.17) is 4.74 Å². The van der Waals surface area contributed by atoms with Gasteiger partial charge in [0, 0.05) is 13.4 Å². The van der Waals surface area contributed by atoms with E-state index in [1.165, 1.54) is 23.5 Å². The van der Waals surface area contributed by atoms with Gasteiger partial charge in [-0.05, 0) is 12.8 Å². The van der Waals surface area contributed by atoms with E-state index < -0.39 is 9.84 Å². The van der Waals surface area contributed by atoms with Crippen LogP contribution in [0.5, 0.6) is 0 Å². The predicted molar refractivity (Wildman–Crippen MR) is 61.2 cm³/mol. The summed E-state index contributed by atoms with van der Waals surface area (Å²) >= 11 is 0. The van der Waals surface area contributed by atoms with Crippen molar-refractivity contribution in [3.63, 3.8) is 0 Å². The smallest absolute Gasteiger partial charge is 0.163 e. The summed E-state index contributed by atoms with van der Waals surface area (Å²) in [5.41, 5.74) is 0. The number of hydrogen-bond acceptors (Lipinski definition) is 5. The van der Waals surface area contributed by atoms with Gasteiger partial charge in [0.2, 0.25) is 0 Å². The van der Waals surface area contributed by atoms with Crippen molar-refractivity contribution in [2.75, 3.05) is 13.4 Å². The zero-order valence-electron chi connectivity index (χ0n) is 8.23. The molecule has 2 atom stereocenters. The molecular formula is C8H14O3S3. The lowest BCUT2D eigenvalue weighted by Crippen LogP contribution is -2.48. The molecule has 2 unspecified atom stereocenters. The van der Waals surface area contributed by atoms with Gasteiger partial charge in [-0.25, -0.2) is 8.42 Å². The van der Waals surface area contributed by atoms with Gasteiger partial charge < -0.3 is 4.74 Å². The first-order valence-electron chi connectivity index (χ1n) is 4.56. The molecule has 0 N–H and O–H groups in total.